The van der Waals surface area contributed by atoms with Crippen molar-refractivity contribution in [3.8, 4) is 0 Å². The molecule has 0 aliphatic heterocycles. The van der Waals surface area contributed by atoms with Crippen molar-refractivity contribution in [2.45, 2.75) is 31.2 Å². The molecule has 0 radical (unpaired) electrons. The quantitative estimate of drug-likeness (QED) is 0.876. The standard InChI is InChI=1S/C16H18BrNO2S/c1-12-5-3-4-6-14(12)11-13(2)18-21(19,20)16-9-7-15(17)8-10-16/h3-10,13,18H,11H2,1-2H3. The molecule has 0 aromatic heterocycles. The monoisotopic (exact) mass is 367 g/mol. The van der Waals surface area contributed by atoms with Gasteiger partial charge in [-0.3, -0.25) is 0 Å². The maximum absolute atomic E-state index is 12.3. The van der Waals surface area contributed by atoms with Crippen molar-refractivity contribution in [2.24, 2.45) is 0 Å². The summed E-state index contributed by atoms with van der Waals surface area (Å²) >= 11 is 3.30. The van der Waals surface area contributed by atoms with Gasteiger partial charge in [0.1, 0.15) is 0 Å². The molecule has 2 rings (SSSR count). The predicted octanol–water partition coefficient (Wildman–Crippen LogP) is 3.67. The lowest BCUT2D eigenvalue weighted by Gasteiger charge is -2.15. The zero-order chi connectivity index (χ0) is 15.5. The second kappa shape index (κ2) is 6.73. The van der Waals surface area contributed by atoms with E-state index in [1.165, 1.54) is 5.56 Å². The number of nitrogens with one attached hydrogen (secondary N) is 1. The lowest BCUT2D eigenvalue weighted by Crippen LogP contribution is -2.34. The average Bonchev–Trinajstić information content (AvgIpc) is 2.41. The largest absolute Gasteiger partial charge is 0.240 e. The highest BCUT2D eigenvalue weighted by atomic mass is 79.9. The summed E-state index contributed by atoms with van der Waals surface area (Å²) < 4.78 is 28.2. The van der Waals surface area contributed by atoms with E-state index in [-0.39, 0.29) is 10.9 Å². The molecule has 0 fully saturated rings. The number of sulfonamides is 1. The van der Waals surface area contributed by atoms with Crippen LogP contribution in [0, 0.1) is 6.92 Å². The first-order chi connectivity index (χ1) is 9.88. The molecule has 0 heterocycles. The predicted molar refractivity (Wildman–Crippen MR) is 88.8 cm³/mol. The maximum Gasteiger partial charge on any atom is 0.240 e. The van der Waals surface area contributed by atoms with Crippen LogP contribution in [0.2, 0.25) is 0 Å². The molecule has 0 bridgehead atoms. The first-order valence-electron chi connectivity index (χ1n) is 6.71. The van der Waals surface area contributed by atoms with Crippen molar-refractivity contribution in [1.29, 1.82) is 0 Å². The molecular formula is C16H18BrNO2S. The minimum atomic E-state index is -3.48. The molecule has 2 aromatic carbocycles. The van der Waals surface area contributed by atoms with Crippen LogP contribution in [0.25, 0.3) is 0 Å². The third-order valence-electron chi connectivity index (χ3n) is 3.27. The second-order valence-corrected chi connectivity index (χ2v) is 7.74. The average molecular weight is 368 g/mol. The number of aryl methyl sites for hydroxylation is 1. The Morgan fingerprint density at radius 3 is 2.33 bits per heavy atom. The Hall–Kier alpha value is -1.17. The molecule has 0 spiro atoms. The van der Waals surface area contributed by atoms with Crippen molar-refractivity contribution in [1.82, 2.24) is 4.72 Å². The van der Waals surface area contributed by atoms with Gasteiger partial charge in [-0.25, -0.2) is 13.1 Å². The summed E-state index contributed by atoms with van der Waals surface area (Å²) in [6, 6.07) is 14.5. The third kappa shape index (κ3) is 4.40. The van der Waals surface area contributed by atoms with E-state index in [1.54, 1.807) is 24.3 Å². The number of rotatable bonds is 5. The Bertz CT molecular complexity index is 711. The van der Waals surface area contributed by atoms with Gasteiger partial charge in [0.05, 0.1) is 4.90 Å². The zero-order valence-corrected chi connectivity index (χ0v) is 14.4. The molecule has 1 unspecified atom stereocenters. The van der Waals surface area contributed by atoms with E-state index >= 15 is 0 Å². The van der Waals surface area contributed by atoms with Gasteiger partial charge in [-0.1, -0.05) is 40.2 Å². The molecule has 21 heavy (non-hydrogen) atoms. The van der Waals surface area contributed by atoms with Gasteiger partial charge in [-0.2, -0.15) is 0 Å². The summed E-state index contributed by atoms with van der Waals surface area (Å²) in [5.74, 6) is 0. The van der Waals surface area contributed by atoms with Crippen LogP contribution < -0.4 is 4.72 Å². The van der Waals surface area contributed by atoms with E-state index in [1.807, 2.05) is 38.1 Å². The molecule has 0 amide bonds. The van der Waals surface area contributed by atoms with Gasteiger partial charge in [0.15, 0.2) is 0 Å². The molecule has 2 aromatic rings. The summed E-state index contributed by atoms with van der Waals surface area (Å²) in [7, 11) is -3.48. The second-order valence-electron chi connectivity index (χ2n) is 5.11. The van der Waals surface area contributed by atoms with Crippen LogP contribution in [-0.4, -0.2) is 14.5 Å². The molecule has 0 aliphatic rings. The van der Waals surface area contributed by atoms with Crippen LogP contribution in [0.4, 0.5) is 0 Å². The highest BCUT2D eigenvalue weighted by Gasteiger charge is 2.17. The minimum absolute atomic E-state index is 0.167. The number of hydrogen-bond donors (Lipinski definition) is 1. The van der Waals surface area contributed by atoms with E-state index < -0.39 is 10.0 Å². The van der Waals surface area contributed by atoms with Crippen molar-refractivity contribution in [3.05, 3.63) is 64.1 Å². The molecular weight excluding hydrogens is 350 g/mol. The minimum Gasteiger partial charge on any atom is -0.208 e. The van der Waals surface area contributed by atoms with Gasteiger partial charge in [0, 0.05) is 10.5 Å². The lowest BCUT2D eigenvalue weighted by molar-refractivity contribution is 0.559. The molecule has 0 aliphatic carbocycles. The van der Waals surface area contributed by atoms with E-state index in [4.69, 9.17) is 0 Å². The number of benzene rings is 2. The summed E-state index contributed by atoms with van der Waals surface area (Å²) in [6.07, 6.45) is 0.669. The molecule has 1 N–H and O–H groups in total. The fourth-order valence-electron chi connectivity index (χ4n) is 2.16. The van der Waals surface area contributed by atoms with Crippen LogP contribution in [0.3, 0.4) is 0 Å². The topological polar surface area (TPSA) is 46.2 Å². The summed E-state index contributed by atoms with van der Waals surface area (Å²) in [5.41, 5.74) is 2.33. The van der Waals surface area contributed by atoms with Gasteiger partial charge < -0.3 is 0 Å². The maximum atomic E-state index is 12.3. The van der Waals surface area contributed by atoms with Gasteiger partial charge in [0.25, 0.3) is 0 Å². The van der Waals surface area contributed by atoms with E-state index in [2.05, 4.69) is 20.7 Å². The Kier molecular flexibility index (Phi) is 5.19. The van der Waals surface area contributed by atoms with Crippen LogP contribution >= 0.6 is 15.9 Å². The Morgan fingerprint density at radius 1 is 1.10 bits per heavy atom. The van der Waals surface area contributed by atoms with Crippen molar-refractivity contribution in [3.63, 3.8) is 0 Å². The highest BCUT2D eigenvalue weighted by Crippen LogP contribution is 2.16. The SMILES string of the molecule is Cc1ccccc1CC(C)NS(=O)(=O)c1ccc(Br)cc1. The van der Waals surface area contributed by atoms with Crippen LogP contribution in [0.15, 0.2) is 57.9 Å². The molecule has 112 valence electrons. The van der Waals surface area contributed by atoms with Crippen molar-refractivity contribution in [2.75, 3.05) is 0 Å². The molecule has 1 atom stereocenters. The zero-order valence-electron chi connectivity index (χ0n) is 12.0. The highest BCUT2D eigenvalue weighted by molar-refractivity contribution is 9.10. The normalized spacial score (nSPS) is 13.1. The first-order valence-corrected chi connectivity index (χ1v) is 8.98. The van der Waals surface area contributed by atoms with Gasteiger partial charge >= 0.3 is 0 Å². The summed E-state index contributed by atoms with van der Waals surface area (Å²) in [4.78, 5) is 0.280. The molecule has 0 saturated carbocycles. The van der Waals surface area contributed by atoms with Gasteiger partial charge in [-0.15, -0.1) is 0 Å². The van der Waals surface area contributed by atoms with Gasteiger partial charge in [-0.05, 0) is 55.7 Å². The van der Waals surface area contributed by atoms with Crippen molar-refractivity contribution >= 4 is 26.0 Å². The Balaban J connectivity index is 2.10. The molecule has 0 saturated heterocycles. The van der Waals surface area contributed by atoms with Crippen LogP contribution in [-0.2, 0) is 16.4 Å². The summed E-state index contributed by atoms with van der Waals surface area (Å²) in [6.45, 7) is 3.91. The Morgan fingerprint density at radius 2 is 1.71 bits per heavy atom. The first kappa shape index (κ1) is 16.2. The fourth-order valence-corrected chi connectivity index (χ4v) is 3.67. The number of hydrogen-bond acceptors (Lipinski definition) is 2. The van der Waals surface area contributed by atoms with E-state index in [0.29, 0.717) is 6.42 Å². The Labute approximate surface area is 134 Å². The van der Waals surface area contributed by atoms with Crippen LogP contribution in [0.1, 0.15) is 18.1 Å². The van der Waals surface area contributed by atoms with Gasteiger partial charge in [0.2, 0.25) is 10.0 Å². The smallest absolute Gasteiger partial charge is 0.208 e. The molecule has 5 heteroatoms. The van der Waals surface area contributed by atoms with Crippen molar-refractivity contribution < 1.29 is 8.42 Å². The lowest BCUT2D eigenvalue weighted by atomic mass is 10.0. The summed E-state index contributed by atoms with van der Waals surface area (Å²) in [5, 5.41) is 0. The third-order valence-corrected chi connectivity index (χ3v) is 5.40. The van der Waals surface area contributed by atoms with Crippen LogP contribution in [0.5, 0.6) is 0 Å². The van der Waals surface area contributed by atoms with E-state index in [0.717, 1.165) is 10.0 Å². The molecule has 3 nitrogen and oxygen atoms in total. The fraction of sp³-hybridized carbons (Fsp3) is 0.250. The van der Waals surface area contributed by atoms with E-state index in [9.17, 15) is 8.42 Å². The number of halogens is 1.